The molecule has 0 N–H and O–H groups in total. The minimum Gasteiger partial charge on any atom is -0.458 e. The number of hydrogen-bond acceptors (Lipinski definition) is 6. The van der Waals surface area contributed by atoms with Gasteiger partial charge in [-0.3, -0.25) is 14.4 Å². The molecule has 2 bridgehead atoms. The molecule has 0 spiro atoms. The van der Waals surface area contributed by atoms with Crippen LogP contribution in [0.1, 0.15) is 80.6 Å². The van der Waals surface area contributed by atoms with E-state index in [0.717, 1.165) is 0 Å². The molecule has 1 heterocycles. The van der Waals surface area contributed by atoms with E-state index in [4.69, 9.17) is 14.2 Å². The summed E-state index contributed by atoms with van der Waals surface area (Å²) < 4.78 is 17.5. The molecule has 5 atom stereocenters. The normalized spacial score (nSPS) is 33.2. The molecule has 3 fully saturated rings. The molecule has 0 aromatic rings. The van der Waals surface area contributed by atoms with Crippen molar-refractivity contribution in [1.82, 2.24) is 0 Å². The Morgan fingerprint density at radius 2 is 1.79 bits per heavy atom. The van der Waals surface area contributed by atoms with E-state index in [1.807, 2.05) is 48.5 Å². The zero-order chi connectivity index (χ0) is 21.8. The Hall–Kier alpha value is -1.59. The molecule has 2 aliphatic carbocycles. The SMILES string of the molecule is CCC(C)(C)C(=O)OC1C2CC3C1OC(=O)C3(C(=O)OC(CC)(CC)C(C)C)C2. The number of rotatable bonds is 8. The lowest BCUT2D eigenvalue weighted by Gasteiger charge is -2.39. The fraction of sp³-hybridized carbons (Fsp3) is 0.870. The van der Waals surface area contributed by atoms with Gasteiger partial charge >= 0.3 is 17.9 Å². The zero-order valence-corrected chi connectivity index (χ0v) is 18.9. The summed E-state index contributed by atoms with van der Waals surface area (Å²) in [6.07, 6.45) is 2.06. The molecule has 1 saturated heterocycles. The molecule has 6 heteroatoms. The maximum atomic E-state index is 13.4. The maximum Gasteiger partial charge on any atom is 0.324 e. The number of ether oxygens (including phenoxy) is 3. The van der Waals surface area contributed by atoms with Crippen LogP contribution in [0.3, 0.4) is 0 Å². The van der Waals surface area contributed by atoms with E-state index in [1.165, 1.54) is 0 Å². The standard InChI is InChI=1S/C23H36O6/c1-8-21(6,7)18(24)27-16-14-11-15-17(16)28-19(25)23(15,12-14)20(26)29-22(9-2,10-3)13(4)5/h13-17H,8-12H2,1-7H3. The minimum absolute atomic E-state index is 0.0442. The van der Waals surface area contributed by atoms with E-state index >= 15 is 0 Å². The quantitative estimate of drug-likeness (QED) is 0.343. The monoisotopic (exact) mass is 408 g/mol. The highest BCUT2D eigenvalue weighted by Gasteiger charge is 2.76. The highest BCUT2D eigenvalue weighted by Crippen LogP contribution is 2.63. The third kappa shape index (κ3) is 3.09. The van der Waals surface area contributed by atoms with Crippen molar-refractivity contribution < 1.29 is 28.6 Å². The Balaban J connectivity index is 1.81. The lowest BCUT2D eigenvalue weighted by atomic mass is 9.73. The molecule has 3 rings (SSSR count). The summed E-state index contributed by atoms with van der Waals surface area (Å²) in [5, 5.41) is 0. The van der Waals surface area contributed by atoms with E-state index in [9.17, 15) is 14.4 Å². The lowest BCUT2D eigenvalue weighted by Crippen LogP contribution is -2.50. The van der Waals surface area contributed by atoms with Crippen molar-refractivity contribution in [3.63, 3.8) is 0 Å². The van der Waals surface area contributed by atoms with Crippen molar-refractivity contribution in [2.75, 3.05) is 0 Å². The van der Waals surface area contributed by atoms with Gasteiger partial charge in [-0.1, -0.05) is 34.6 Å². The van der Waals surface area contributed by atoms with Crippen LogP contribution in [-0.4, -0.2) is 35.7 Å². The molecule has 0 aromatic heterocycles. The van der Waals surface area contributed by atoms with Crippen LogP contribution in [0.2, 0.25) is 0 Å². The van der Waals surface area contributed by atoms with Crippen molar-refractivity contribution in [2.24, 2.45) is 28.6 Å². The van der Waals surface area contributed by atoms with Gasteiger partial charge < -0.3 is 14.2 Å². The summed E-state index contributed by atoms with van der Waals surface area (Å²) >= 11 is 0. The van der Waals surface area contributed by atoms with Gasteiger partial charge in [-0.15, -0.1) is 0 Å². The summed E-state index contributed by atoms with van der Waals surface area (Å²) in [5.41, 5.74) is -2.40. The molecular weight excluding hydrogens is 372 g/mol. The largest absolute Gasteiger partial charge is 0.458 e. The van der Waals surface area contributed by atoms with Gasteiger partial charge in [0.15, 0.2) is 5.41 Å². The van der Waals surface area contributed by atoms with Crippen molar-refractivity contribution >= 4 is 17.9 Å². The highest BCUT2D eigenvalue weighted by atomic mass is 16.6. The average Bonchev–Trinajstić information content (AvgIpc) is 3.28. The molecule has 164 valence electrons. The smallest absolute Gasteiger partial charge is 0.324 e. The predicted octanol–water partition coefficient (Wildman–Crippen LogP) is 4.04. The summed E-state index contributed by atoms with van der Waals surface area (Å²) in [6, 6.07) is 0. The van der Waals surface area contributed by atoms with Gasteiger partial charge in [0, 0.05) is 11.8 Å². The Labute approximate surface area is 174 Å². The third-order valence-corrected chi connectivity index (χ3v) is 8.16. The first kappa shape index (κ1) is 22.1. The molecule has 0 radical (unpaired) electrons. The van der Waals surface area contributed by atoms with Gasteiger partial charge in [-0.05, 0) is 51.9 Å². The second kappa shape index (κ2) is 7.28. The van der Waals surface area contributed by atoms with Crippen molar-refractivity contribution in [3.8, 4) is 0 Å². The van der Waals surface area contributed by atoms with Gasteiger partial charge in [0.1, 0.15) is 17.8 Å². The van der Waals surface area contributed by atoms with Gasteiger partial charge in [-0.2, -0.15) is 0 Å². The van der Waals surface area contributed by atoms with Crippen LogP contribution in [0, 0.1) is 28.6 Å². The van der Waals surface area contributed by atoms with Crippen LogP contribution in [-0.2, 0) is 28.6 Å². The summed E-state index contributed by atoms with van der Waals surface area (Å²) in [4.78, 5) is 38.9. The Bertz CT molecular complexity index is 691. The van der Waals surface area contributed by atoms with Gasteiger partial charge in [0.25, 0.3) is 0 Å². The number of esters is 3. The fourth-order valence-electron chi connectivity index (χ4n) is 5.46. The van der Waals surface area contributed by atoms with Gasteiger partial charge in [0.2, 0.25) is 0 Å². The molecular formula is C23H36O6. The zero-order valence-electron chi connectivity index (χ0n) is 18.9. The van der Waals surface area contributed by atoms with Crippen LogP contribution >= 0.6 is 0 Å². The second-order valence-corrected chi connectivity index (χ2v) is 10.1. The minimum atomic E-state index is -1.23. The van der Waals surface area contributed by atoms with Crippen molar-refractivity contribution in [3.05, 3.63) is 0 Å². The Morgan fingerprint density at radius 1 is 1.17 bits per heavy atom. The summed E-state index contributed by atoms with van der Waals surface area (Å²) in [5.74, 6) is -1.39. The van der Waals surface area contributed by atoms with E-state index in [0.29, 0.717) is 32.1 Å². The molecule has 0 amide bonds. The Morgan fingerprint density at radius 3 is 2.31 bits per heavy atom. The topological polar surface area (TPSA) is 78.9 Å². The first-order valence-corrected chi connectivity index (χ1v) is 11.1. The maximum absolute atomic E-state index is 13.4. The molecule has 0 aromatic carbocycles. The summed E-state index contributed by atoms with van der Waals surface area (Å²) in [7, 11) is 0. The molecule has 29 heavy (non-hydrogen) atoms. The number of hydrogen-bond donors (Lipinski definition) is 0. The molecule has 1 aliphatic heterocycles. The first-order valence-electron chi connectivity index (χ1n) is 11.1. The van der Waals surface area contributed by atoms with Crippen molar-refractivity contribution in [2.45, 2.75) is 98.4 Å². The third-order valence-electron chi connectivity index (χ3n) is 8.16. The number of carbonyl (C=O) groups is 3. The molecule has 6 nitrogen and oxygen atoms in total. The Kier molecular flexibility index (Phi) is 5.55. The van der Waals surface area contributed by atoms with Crippen LogP contribution < -0.4 is 0 Å². The molecule has 3 aliphatic rings. The van der Waals surface area contributed by atoms with E-state index in [2.05, 4.69) is 0 Å². The van der Waals surface area contributed by atoms with Crippen molar-refractivity contribution in [1.29, 1.82) is 0 Å². The van der Waals surface area contributed by atoms with Gasteiger partial charge in [-0.25, -0.2) is 0 Å². The van der Waals surface area contributed by atoms with Crippen LogP contribution in [0.4, 0.5) is 0 Å². The average molecular weight is 409 g/mol. The van der Waals surface area contributed by atoms with Gasteiger partial charge in [0.05, 0.1) is 5.41 Å². The highest BCUT2D eigenvalue weighted by molar-refractivity contribution is 6.03. The number of carbonyl (C=O) groups excluding carboxylic acids is 3. The fourth-order valence-corrected chi connectivity index (χ4v) is 5.46. The van der Waals surface area contributed by atoms with Crippen LogP contribution in [0.5, 0.6) is 0 Å². The van der Waals surface area contributed by atoms with E-state index in [1.54, 1.807) is 0 Å². The van der Waals surface area contributed by atoms with E-state index < -0.39 is 40.6 Å². The first-order chi connectivity index (χ1) is 13.5. The predicted molar refractivity (Wildman–Crippen MR) is 107 cm³/mol. The van der Waals surface area contributed by atoms with E-state index in [-0.39, 0.29) is 23.7 Å². The lowest BCUT2D eigenvalue weighted by molar-refractivity contribution is -0.183. The molecule has 5 unspecified atom stereocenters. The number of fused-ring (bicyclic) bond motifs is 1. The second-order valence-electron chi connectivity index (χ2n) is 10.1. The molecule has 2 saturated carbocycles. The van der Waals surface area contributed by atoms with Crippen LogP contribution in [0.15, 0.2) is 0 Å². The van der Waals surface area contributed by atoms with Crippen LogP contribution in [0.25, 0.3) is 0 Å². The summed E-state index contributed by atoms with van der Waals surface area (Å²) in [6.45, 7) is 13.8.